The second-order valence-electron chi connectivity index (χ2n) is 6.72. The number of methoxy groups -OCH3 is 1. The average molecular weight is 416 g/mol. The van der Waals surface area contributed by atoms with Gasteiger partial charge in [0.05, 0.1) is 7.11 Å². The summed E-state index contributed by atoms with van der Waals surface area (Å²) in [4.78, 5) is 16.5. The SMILES string of the molecule is COc1cc(-c2nc(C(=O)NC3CC3)cs2)ccc1OCc1cc(F)cc(F)c1. The van der Waals surface area contributed by atoms with Gasteiger partial charge in [0.15, 0.2) is 11.5 Å². The molecule has 0 atom stereocenters. The van der Waals surface area contributed by atoms with Crippen molar-refractivity contribution in [3.05, 3.63) is 64.7 Å². The molecule has 1 saturated carbocycles. The van der Waals surface area contributed by atoms with Crippen LogP contribution in [0.1, 0.15) is 28.9 Å². The molecule has 5 nitrogen and oxygen atoms in total. The number of hydrogen-bond acceptors (Lipinski definition) is 5. The highest BCUT2D eigenvalue weighted by Crippen LogP contribution is 2.34. The van der Waals surface area contributed by atoms with E-state index in [0.29, 0.717) is 27.8 Å². The quantitative estimate of drug-likeness (QED) is 0.613. The molecule has 1 N–H and O–H groups in total. The minimum Gasteiger partial charge on any atom is -0.493 e. The van der Waals surface area contributed by atoms with Gasteiger partial charge in [0.2, 0.25) is 0 Å². The van der Waals surface area contributed by atoms with Gasteiger partial charge in [0, 0.05) is 23.1 Å². The number of rotatable bonds is 7. The van der Waals surface area contributed by atoms with E-state index in [1.165, 1.54) is 30.6 Å². The Bertz CT molecular complexity index is 1030. The molecular formula is C21H18F2N2O3S. The lowest BCUT2D eigenvalue weighted by Gasteiger charge is -2.12. The predicted molar refractivity (Wildman–Crippen MR) is 105 cm³/mol. The van der Waals surface area contributed by atoms with E-state index in [0.717, 1.165) is 24.5 Å². The Hall–Kier alpha value is -3.00. The van der Waals surface area contributed by atoms with Crippen LogP contribution >= 0.6 is 11.3 Å². The molecule has 4 rings (SSSR count). The van der Waals surface area contributed by atoms with Gasteiger partial charge in [-0.1, -0.05) is 0 Å². The third-order valence-electron chi connectivity index (χ3n) is 4.38. The maximum absolute atomic E-state index is 13.3. The van der Waals surface area contributed by atoms with Crippen LogP contribution in [0, 0.1) is 11.6 Å². The van der Waals surface area contributed by atoms with Crippen molar-refractivity contribution in [3.8, 4) is 22.1 Å². The standard InChI is InChI=1S/C21H18F2N2O3S/c1-27-19-8-13(21-25-17(11-29-21)20(26)24-16-3-4-16)2-5-18(19)28-10-12-6-14(22)9-15(23)7-12/h2,5-9,11,16H,3-4,10H2,1H3,(H,24,26). The van der Waals surface area contributed by atoms with Crippen molar-refractivity contribution in [2.24, 2.45) is 0 Å². The van der Waals surface area contributed by atoms with Crippen LogP contribution in [0.15, 0.2) is 41.8 Å². The second kappa shape index (κ2) is 8.16. The van der Waals surface area contributed by atoms with Crippen LogP contribution in [0.5, 0.6) is 11.5 Å². The third-order valence-corrected chi connectivity index (χ3v) is 5.27. The number of nitrogens with one attached hydrogen (secondary N) is 1. The number of benzene rings is 2. The van der Waals surface area contributed by atoms with Gasteiger partial charge in [-0.2, -0.15) is 0 Å². The Balaban J connectivity index is 1.49. The molecule has 1 aromatic heterocycles. The smallest absolute Gasteiger partial charge is 0.270 e. The fourth-order valence-electron chi connectivity index (χ4n) is 2.77. The summed E-state index contributed by atoms with van der Waals surface area (Å²) in [5.41, 5.74) is 1.55. The molecule has 3 aromatic rings. The van der Waals surface area contributed by atoms with Gasteiger partial charge in [0.25, 0.3) is 5.91 Å². The zero-order valence-electron chi connectivity index (χ0n) is 15.6. The molecule has 1 aliphatic rings. The first-order valence-corrected chi connectivity index (χ1v) is 9.92. The molecule has 8 heteroatoms. The lowest BCUT2D eigenvalue weighted by molar-refractivity contribution is 0.0947. The first-order chi connectivity index (χ1) is 14.0. The van der Waals surface area contributed by atoms with Crippen LogP contribution in [-0.2, 0) is 6.61 Å². The van der Waals surface area contributed by atoms with E-state index in [-0.39, 0.29) is 18.6 Å². The molecule has 0 saturated heterocycles. The van der Waals surface area contributed by atoms with Crippen molar-refractivity contribution >= 4 is 17.2 Å². The molecule has 1 heterocycles. The van der Waals surface area contributed by atoms with Gasteiger partial charge in [-0.25, -0.2) is 13.8 Å². The summed E-state index contributed by atoms with van der Waals surface area (Å²) in [6, 6.07) is 8.77. The van der Waals surface area contributed by atoms with Gasteiger partial charge in [0.1, 0.15) is 28.9 Å². The first kappa shape index (κ1) is 19.3. The monoisotopic (exact) mass is 416 g/mol. The van der Waals surface area contributed by atoms with Crippen LogP contribution in [0.3, 0.4) is 0 Å². The number of carbonyl (C=O) groups excluding carboxylic acids is 1. The summed E-state index contributed by atoms with van der Waals surface area (Å²) < 4.78 is 37.7. The highest BCUT2D eigenvalue weighted by molar-refractivity contribution is 7.13. The van der Waals surface area contributed by atoms with Crippen molar-refractivity contribution in [3.63, 3.8) is 0 Å². The number of thiazole rings is 1. The summed E-state index contributed by atoms with van der Waals surface area (Å²) in [7, 11) is 1.50. The van der Waals surface area contributed by atoms with Gasteiger partial charge in [-0.05, 0) is 48.7 Å². The Morgan fingerprint density at radius 2 is 1.93 bits per heavy atom. The Morgan fingerprint density at radius 3 is 2.62 bits per heavy atom. The second-order valence-corrected chi connectivity index (χ2v) is 7.58. The number of halogens is 2. The molecule has 1 fully saturated rings. The minimum absolute atomic E-state index is 0.00682. The zero-order chi connectivity index (χ0) is 20.4. The fourth-order valence-corrected chi connectivity index (χ4v) is 3.57. The maximum atomic E-state index is 13.3. The summed E-state index contributed by atoms with van der Waals surface area (Å²) in [6.45, 7) is -0.00682. The summed E-state index contributed by atoms with van der Waals surface area (Å²) in [5, 5.41) is 5.32. The predicted octanol–water partition coefficient (Wildman–Crippen LogP) is 4.57. The van der Waals surface area contributed by atoms with E-state index in [9.17, 15) is 13.6 Å². The molecule has 29 heavy (non-hydrogen) atoms. The van der Waals surface area contributed by atoms with Gasteiger partial charge < -0.3 is 14.8 Å². The van der Waals surface area contributed by atoms with Gasteiger partial charge in [-0.15, -0.1) is 11.3 Å². The van der Waals surface area contributed by atoms with E-state index in [4.69, 9.17) is 9.47 Å². The lowest BCUT2D eigenvalue weighted by atomic mass is 10.2. The van der Waals surface area contributed by atoms with Crippen molar-refractivity contribution in [1.82, 2.24) is 10.3 Å². The van der Waals surface area contributed by atoms with Gasteiger partial charge >= 0.3 is 0 Å². The molecule has 1 aliphatic carbocycles. The lowest BCUT2D eigenvalue weighted by Crippen LogP contribution is -2.25. The van der Waals surface area contributed by atoms with Crippen LogP contribution in [-0.4, -0.2) is 24.0 Å². The molecule has 1 amide bonds. The Kier molecular flexibility index (Phi) is 5.44. The van der Waals surface area contributed by atoms with Crippen LogP contribution in [0.4, 0.5) is 8.78 Å². The molecule has 0 bridgehead atoms. The molecule has 0 radical (unpaired) electrons. The number of nitrogens with zero attached hydrogens (tertiary/aromatic N) is 1. The number of ether oxygens (including phenoxy) is 2. The largest absolute Gasteiger partial charge is 0.493 e. The van der Waals surface area contributed by atoms with Crippen molar-refractivity contribution < 1.29 is 23.0 Å². The minimum atomic E-state index is -0.656. The van der Waals surface area contributed by atoms with Crippen molar-refractivity contribution in [2.75, 3.05) is 7.11 Å². The topological polar surface area (TPSA) is 60.5 Å². The maximum Gasteiger partial charge on any atom is 0.270 e. The molecule has 0 aliphatic heterocycles. The van der Waals surface area contributed by atoms with E-state index in [2.05, 4.69) is 10.3 Å². The van der Waals surface area contributed by atoms with E-state index >= 15 is 0 Å². The fraction of sp³-hybridized carbons (Fsp3) is 0.238. The summed E-state index contributed by atoms with van der Waals surface area (Å²) >= 11 is 1.37. The van der Waals surface area contributed by atoms with E-state index < -0.39 is 11.6 Å². The van der Waals surface area contributed by atoms with Crippen LogP contribution in [0.2, 0.25) is 0 Å². The highest BCUT2D eigenvalue weighted by Gasteiger charge is 2.25. The summed E-state index contributed by atoms with van der Waals surface area (Å²) in [5.74, 6) is -0.584. The normalized spacial score (nSPS) is 13.2. The average Bonchev–Trinajstić information content (AvgIpc) is 3.37. The third kappa shape index (κ3) is 4.71. The van der Waals surface area contributed by atoms with Crippen LogP contribution < -0.4 is 14.8 Å². The molecule has 0 spiro atoms. The molecular weight excluding hydrogens is 398 g/mol. The Morgan fingerprint density at radius 1 is 1.17 bits per heavy atom. The number of aromatic nitrogens is 1. The molecule has 150 valence electrons. The molecule has 0 unspecified atom stereocenters. The number of hydrogen-bond donors (Lipinski definition) is 1. The molecule has 2 aromatic carbocycles. The van der Waals surface area contributed by atoms with E-state index in [1.54, 1.807) is 23.6 Å². The first-order valence-electron chi connectivity index (χ1n) is 9.04. The summed E-state index contributed by atoms with van der Waals surface area (Å²) in [6.07, 6.45) is 2.04. The zero-order valence-corrected chi connectivity index (χ0v) is 16.4. The Labute approximate surface area is 170 Å². The highest BCUT2D eigenvalue weighted by atomic mass is 32.1. The van der Waals surface area contributed by atoms with Gasteiger partial charge in [-0.3, -0.25) is 4.79 Å². The van der Waals surface area contributed by atoms with E-state index in [1.807, 2.05) is 0 Å². The van der Waals surface area contributed by atoms with Crippen molar-refractivity contribution in [1.29, 1.82) is 0 Å². The number of amides is 1. The van der Waals surface area contributed by atoms with Crippen LogP contribution in [0.25, 0.3) is 10.6 Å². The number of carbonyl (C=O) groups is 1. The van der Waals surface area contributed by atoms with Crippen molar-refractivity contribution in [2.45, 2.75) is 25.5 Å².